The van der Waals surface area contributed by atoms with Gasteiger partial charge in [-0.05, 0) is 42.0 Å². The van der Waals surface area contributed by atoms with E-state index < -0.39 is 0 Å². The van der Waals surface area contributed by atoms with Gasteiger partial charge >= 0.3 is 0 Å². The highest BCUT2D eigenvalue weighted by molar-refractivity contribution is 9.10. The van der Waals surface area contributed by atoms with Crippen LogP contribution in [0.2, 0.25) is 0 Å². The predicted octanol–water partition coefficient (Wildman–Crippen LogP) is 3.77. The average Bonchev–Trinajstić information content (AvgIpc) is 3.20. The van der Waals surface area contributed by atoms with Crippen LogP contribution in [0.5, 0.6) is 0 Å². The third-order valence-corrected chi connectivity index (χ3v) is 3.92. The number of hydrogen-bond donors (Lipinski definition) is 2. The van der Waals surface area contributed by atoms with Gasteiger partial charge in [-0.2, -0.15) is 5.10 Å². The number of rotatable bonds is 5. The number of furan rings is 1. The van der Waals surface area contributed by atoms with Crippen molar-refractivity contribution in [1.29, 1.82) is 0 Å². The number of nitrogens with zero attached hydrogens (tertiary/aromatic N) is 2. The molecule has 118 valence electrons. The van der Waals surface area contributed by atoms with Crippen LogP contribution in [0.4, 0.5) is 5.82 Å². The molecular formula is C16H15BrN4OS. The van der Waals surface area contributed by atoms with Gasteiger partial charge in [0.1, 0.15) is 5.76 Å². The first-order valence-electron chi connectivity index (χ1n) is 7.04. The quantitative estimate of drug-likeness (QED) is 0.649. The van der Waals surface area contributed by atoms with E-state index in [1.54, 1.807) is 6.26 Å². The Kier molecular flexibility index (Phi) is 5.09. The van der Waals surface area contributed by atoms with Gasteiger partial charge in [0.05, 0.1) is 19.4 Å². The summed E-state index contributed by atoms with van der Waals surface area (Å²) in [6.45, 7) is 1.25. The summed E-state index contributed by atoms with van der Waals surface area (Å²) >= 11 is 8.67. The lowest BCUT2D eigenvalue weighted by molar-refractivity contribution is 0.503. The molecule has 0 unspecified atom stereocenters. The van der Waals surface area contributed by atoms with Crippen LogP contribution in [-0.2, 0) is 13.1 Å². The van der Waals surface area contributed by atoms with E-state index in [-0.39, 0.29) is 0 Å². The van der Waals surface area contributed by atoms with Crippen LogP contribution in [-0.4, -0.2) is 14.9 Å². The smallest absolute Gasteiger partial charge is 0.172 e. The molecule has 0 aliphatic carbocycles. The number of nitrogens with one attached hydrogen (secondary N) is 2. The summed E-state index contributed by atoms with van der Waals surface area (Å²) in [5.41, 5.74) is 1.18. The number of halogens is 1. The molecule has 2 heterocycles. The van der Waals surface area contributed by atoms with Crippen LogP contribution in [0, 0.1) is 0 Å². The molecule has 5 nitrogen and oxygen atoms in total. The normalized spacial score (nSPS) is 10.5. The topological polar surface area (TPSA) is 55.0 Å². The molecule has 3 aromatic rings. The highest BCUT2D eigenvalue weighted by Crippen LogP contribution is 2.12. The Bertz CT molecular complexity index is 768. The molecule has 0 fully saturated rings. The fourth-order valence-electron chi connectivity index (χ4n) is 2.03. The number of benzene rings is 1. The Morgan fingerprint density at radius 1 is 1.22 bits per heavy atom. The van der Waals surface area contributed by atoms with Crippen LogP contribution >= 0.6 is 28.1 Å². The number of thiocarbonyl (C=S) groups is 1. The van der Waals surface area contributed by atoms with E-state index in [4.69, 9.17) is 16.6 Å². The molecule has 7 heteroatoms. The molecule has 0 aliphatic rings. The van der Waals surface area contributed by atoms with Crippen LogP contribution in [0.25, 0.3) is 0 Å². The van der Waals surface area contributed by atoms with Crippen molar-refractivity contribution in [1.82, 2.24) is 15.1 Å². The van der Waals surface area contributed by atoms with Crippen molar-refractivity contribution in [2.75, 3.05) is 5.32 Å². The third-order valence-electron chi connectivity index (χ3n) is 3.14. The summed E-state index contributed by atoms with van der Waals surface area (Å²) in [6.07, 6.45) is 3.55. The minimum atomic E-state index is 0.510. The van der Waals surface area contributed by atoms with Crippen molar-refractivity contribution < 1.29 is 4.42 Å². The molecule has 1 aromatic carbocycles. The maximum absolute atomic E-state index is 5.24. The lowest BCUT2D eigenvalue weighted by Gasteiger charge is -2.07. The second-order valence-corrected chi connectivity index (χ2v) is 6.24. The zero-order valence-corrected chi connectivity index (χ0v) is 14.6. The van der Waals surface area contributed by atoms with E-state index in [1.807, 2.05) is 41.2 Å². The Hall–Kier alpha value is -2.12. The summed E-state index contributed by atoms with van der Waals surface area (Å²) in [7, 11) is 0. The number of anilines is 1. The zero-order valence-electron chi connectivity index (χ0n) is 12.2. The summed E-state index contributed by atoms with van der Waals surface area (Å²) in [5, 5.41) is 11.1. The largest absolute Gasteiger partial charge is 0.467 e. The molecule has 0 atom stereocenters. The summed E-state index contributed by atoms with van der Waals surface area (Å²) in [5.74, 6) is 1.54. The molecule has 0 radical (unpaired) electrons. The van der Waals surface area contributed by atoms with Crippen LogP contribution < -0.4 is 10.6 Å². The van der Waals surface area contributed by atoms with Crippen molar-refractivity contribution in [2.45, 2.75) is 13.1 Å². The number of hydrogen-bond acceptors (Lipinski definition) is 3. The van der Waals surface area contributed by atoms with Gasteiger partial charge in [0.25, 0.3) is 0 Å². The third kappa shape index (κ3) is 4.67. The molecule has 0 saturated carbocycles. The van der Waals surface area contributed by atoms with Gasteiger partial charge in [-0.25, -0.2) is 0 Å². The Labute approximate surface area is 147 Å². The van der Waals surface area contributed by atoms with Crippen LogP contribution in [0.3, 0.4) is 0 Å². The van der Waals surface area contributed by atoms with E-state index >= 15 is 0 Å². The molecule has 0 spiro atoms. The van der Waals surface area contributed by atoms with Crippen molar-refractivity contribution >= 4 is 39.1 Å². The summed E-state index contributed by atoms with van der Waals surface area (Å²) in [6, 6.07) is 13.8. The first-order valence-corrected chi connectivity index (χ1v) is 8.24. The molecule has 0 aliphatic heterocycles. The van der Waals surface area contributed by atoms with E-state index in [0.717, 1.165) is 10.2 Å². The van der Waals surface area contributed by atoms with Crippen molar-refractivity contribution in [3.05, 3.63) is 70.7 Å². The van der Waals surface area contributed by atoms with Crippen molar-refractivity contribution in [3.8, 4) is 0 Å². The lowest BCUT2D eigenvalue weighted by Crippen LogP contribution is -2.27. The molecular weight excluding hydrogens is 376 g/mol. The fourth-order valence-corrected chi connectivity index (χ4v) is 2.48. The van der Waals surface area contributed by atoms with Gasteiger partial charge in [-0.1, -0.05) is 28.1 Å². The minimum Gasteiger partial charge on any atom is -0.467 e. The molecule has 0 saturated heterocycles. The van der Waals surface area contributed by atoms with Crippen molar-refractivity contribution in [2.24, 2.45) is 0 Å². The fraction of sp³-hybridized carbons (Fsp3) is 0.125. The monoisotopic (exact) mass is 390 g/mol. The van der Waals surface area contributed by atoms with Gasteiger partial charge in [-0.3, -0.25) is 4.68 Å². The molecule has 0 amide bonds. The average molecular weight is 391 g/mol. The maximum atomic E-state index is 5.24. The number of aromatic nitrogens is 2. The zero-order chi connectivity index (χ0) is 16.1. The van der Waals surface area contributed by atoms with Crippen LogP contribution in [0.15, 0.2) is 63.8 Å². The first-order chi connectivity index (χ1) is 11.2. The summed E-state index contributed by atoms with van der Waals surface area (Å²) < 4.78 is 8.17. The Morgan fingerprint density at radius 3 is 2.78 bits per heavy atom. The Balaban J connectivity index is 1.52. The van der Waals surface area contributed by atoms with E-state index in [1.165, 1.54) is 5.56 Å². The van der Waals surface area contributed by atoms with Crippen LogP contribution in [0.1, 0.15) is 11.3 Å². The molecule has 0 bridgehead atoms. The second kappa shape index (κ2) is 7.43. The maximum Gasteiger partial charge on any atom is 0.172 e. The molecule has 2 aromatic heterocycles. The van der Waals surface area contributed by atoms with Gasteiger partial charge in [0.15, 0.2) is 10.9 Å². The van der Waals surface area contributed by atoms with Crippen molar-refractivity contribution in [3.63, 3.8) is 0 Å². The first kappa shape index (κ1) is 15.8. The molecule has 23 heavy (non-hydrogen) atoms. The molecule has 2 N–H and O–H groups in total. The van der Waals surface area contributed by atoms with E-state index in [9.17, 15) is 0 Å². The van der Waals surface area contributed by atoms with Gasteiger partial charge in [0, 0.05) is 16.7 Å². The summed E-state index contributed by atoms with van der Waals surface area (Å²) in [4.78, 5) is 0. The van der Waals surface area contributed by atoms with E-state index in [2.05, 4.69) is 43.8 Å². The lowest BCUT2D eigenvalue weighted by atomic mass is 10.2. The van der Waals surface area contributed by atoms with Gasteiger partial charge in [-0.15, -0.1) is 0 Å². The highest BCUT2D eigenvalue weighted by Gasteiger charge is 2.03. The molecule has 3 rings (SSSR count). The van der Waals surface area contributed by atoms with Gasteiger partial charge < -0.3 is 15.1 Å². The Morgan fingerprint density at radius 2 is 2.04 bits per heavy atom. The minimum absolute atomic E-state index is 0.510. The SMILES string of the molecule is S=C(NCc1ccco1)Nc1ccn(Cc2ccc(Br)cc2)n1. The predicted molar refractivity (Wildman–Crippen MR) is 97.2 cm³/mol. The standard InChI is InChI=1S/C16H15BrN4OS/c17-13-5-3-12(4-6-13)11-21-8-7-15(20-21)19-16(23)18-10-14-2-1-9-22-14/h1-9H,10-11H2,(H2,18,19,20,23). The highest BCUT2D eigenvalue weighted by atomic mass is 79.9. The van der Waals surface area contributed by atoms with Gasteiger partial charge in [0.2, 0.25) is 0 Å². The van der Waals surface area contributed by atoms with E-state index in [0.29, 0.717) is 24.0 Å². The second-order valence-electron chi connectivity index (χ2n) is 4.91.